The number of para-hydroxylation sites is 2. The Morgan fingerprint density at radius 1 is 1.45 bits per heavy atom. The molecule has 106 valence electrons. The number of hydrogen-bond donors (Lipinski definition) is 2. The summed E-state index contributed by atoms with van der Waals surface area (Å²) in [6, 6.07) is 6.04. The van der Waals surface area contributed by atoms with Crippen molar-refractivity contribution in [3.8, 4) is 5.75 Å². The topological polar surface area (TPSA) is 71.5 Å². The minimum Gasteiger partial charge on any atom is -0.478 e. The van der Waals surface area contributed by atoms with E-state index in [0.717, 1.165) is 11.5 Å². The molecule has 1 aromatic heterocycles. The monoisotopic (exact) mass is 300 g/mol. The van der Waals surface area contributed by atoms with Crippen LogP contribution in [0.5, 0.6) is 5.75 Å². The predicted octanol–water partition coefficient (Wildman–Crippen LogP) is 3.49. The zero-order chi connectivity index (χ0) is 14.7. The molecule has 2 N–H and O–H groups in total. The number of carbonyl (C=O) groups is 1. The maximum Gasteiger partial charge on any atom is 0.387 e. The van der Waals surface area contributed by atoms with Gasteiger partial charge in [-0.3, -0.25) is 0 Å². The number of benzene rings is 1. The quantitative estimate of drug-likeness (QED) is 0.884. The number of carboxylic acid groups (broad SMARTS) is 1. The number of aryl methyl sites for hydroxylation is 1. The van der Waals surface area contributed by atoms with Crippen molar-refractivity contribution in [3.63, 3.8) is 0 Å². The van der Waals surface area contributed by atoms with Crippen molar-refractivity contribution in [1.82, 2.24) is 4.37 Å². The number of ether oxygens (including phenoxy) is 1. The summed E-state index contributed by atoms with van der Waals surface area (Å²) >= 11 is 0.942. The van der Waals surface area contributed by atoms with Crippen LogP contribution in [0.15, 0.2) is 24.3 Å². The highest BCUT2D eigenvalue weighted by Gasteiger charge is 2.19. The molecule has 1 heterocycles. The Labute approximate surface area is 117 Å². The Bertz CT molecular complexity index is 631. The number of alkyl halides is 2. The van der Waals surface area contributed by atoms with E-state index in [1.807, 2.05) is 0 Å². The molecule has 0 aliphatic carbocycles. The average Bonchev–Trinajstić information content (AvgIpc) is 2.72. The predicted molar refractivity (Wildman–Crippen MR) is 70.2 cm³/mol. The number of aromatic carboxylic acids is 1. The molecule has 0 aliphatic rings. The van der Waals surface area contributed by atoms with Crippen molar-refractivity contribution in [2.24, 2.45) is 0 Å². The van der Waals surface area contributed by atoms with Crippen LogP contribution in [0.3, 0.4) is 0 Å². The third-order valence-corrected chi connectivity index (χ3v) is 3.28. The van der Waals surface area contributed by atoms with Gasteiger partial charge in [0.05, 0.1) is 11.4 Å². The molecule has 0 aliphatic heterocycles. The van der Waals surface area contributed by atoms with Crippen LogP contribution in [0, 0.1) is 6.92 Å². The fraction of sp³-hybridized carbons (Fsp3) is 0.167. The van der Waals surface area contributed by atoms with Crippen LogP contribution in [-0.2, 0) is 0 Å². The molecule has 0 bridgehead atoms. The molecule has 2 aromatic rings. The Balaban J connectivity index is 2.33. The largest absolute Gasteiger partial charge is 0.478 e. The summed E-state index contributed by atoms with van der Waals surface area (Å²) in [5, 5.41) is 12.1. The van der Waals surface area contributed by atoms with Crippen LogP contribution >= 0.6 is 11.5 Å². The lowest BCUT2D eigenvalue weighted by Gasteiger charge is -2.11. The van der Waals surface area contributed by atoms with Crippen molar-refractivity contribution in [2.75, 3.05) is 5.32 Å². The molecule has 0 saturated heterocycles. The van der Waals surface area contributed by atoms with E-state index in [1.165, 1.54) is 12.1 Å². The van der Waals surface area contributed by atoms with Gasteiger partial charge in [-0.1, -0.05) is 12.1 Å². The molecular weight excluding hydrogens is 290 g/mol. The van der Waals surface area contributed by atoms with E-state index in [1.54, 1.807) is 19.1 Å². The van der Waals surface area contributed by atoms with E-state index >= 15 is 0 Å². The Hall–Kier alpha value is -2.22. The number of aromatic nitrogens is 1. The van der Waals surface area contributed by atoms with Gasteiger partial charge in [0.25, 0.3) is 0 Å². The SMILES string of the molecule is Cc1nsc(Nc2ccccc2OC(F)F)c1C(=O)O. The average molecular weight is 300 g/mol. The lowest BCUT2D eigenvalue weighted by Crippen LogP contribution is -2.05. The first-order valence-corrected chi connectivity index (χ1v) is 6.27. The van der Waals surface area contributed by atoms with Gasteiger partial charge in [-0.05, 0) is 30.6 Å². The summed E-state index contributed by atoms with van der Waals surface area (Å²) in [5.74, 6) is -1.20. The maximum atomic E-state index is 12.3. The van der Waals surface area contributed by atoms with Crippen LogP contribution in [0.4, 0.5) is 19.5 Å². The highest BCUT2D eigenvalue weighted by atomic mass is 32.1. The molecule has 1 aromatic carbocycles. The highest BCUT2D eigenvalue weighted by molar-refractivity contribution is 7.10. The summed E-state index contributed by atoms with van der Waals surface area (Å²) in [5.41, 5.74) is 0.623. The van der Waals surface area contributed by atoms with Gasteiger partial charge in [-0.25, -0.2) is 4.79 Å². The van der Waals surface area contributed by atoms with E-state index in [2.05, 4.69) is 14.4 Å². The van der Waals surface area contributed by atoms with Crippen molar-refractivity contribution >= 4 is 28.2 Å². The lowest BCUT2D eigenvalue weighted by atomic mass is 10.2. The number of anilines is 2. The fourth-order valence-corrected chi connectivity index (χ4v) is 2.40. The van der Waals surface area contributed by atoms with Crippen LogP contribution in [-0.4, -0.2) is 22.1 Å². The smallest absolute Gasteiger partial charge is 0.387 e. The van der Waals surface area contributed by atoms with Crippen molar-refractivity contribution in [1.29, 1.82) is 0 Å². The molecule has 0 fully saturated rings. The van der Waals surface area contributed by atoms with Gasteiger partial charge in [0, 0.05) is 0 Å². The first kappa shape index (κ1) is 14.2. The van der Waals surface area contributed by atoms with Crippen LogP contribution in [0.1, 0.15) is 16.1 Å². The van der Waals surface area contributed by atoms with Crippen molar-refractivity contribution < 1.29 is 23.4 Å². The van der Waals surface area contributed by atoms with Gasteiger partial charge < -0.3 is 15.2 Å². The number of nitrogens with zero attached hydrogens (tertiary/aromatic N) is 1. The molecule has 5 nitrogen and oxygen atoms in total. The molecular formula is C12H10F2N2O3S. The molecule has 0 saturated carbocycles. The van der Waals surface area contributed by atoms with Gasteiger partial charge >= 0.3 is 12.6 Å². The Morgan fingerprint density at radius 2 is 2.15 bits per heavy atom. The highest BCUT2D eigenvalue weighted by Crippen LogP contribution is 2.33. The first-order chi connectivity index (χ1) is 9.49. The van der Waals surface area contributed by atoms with Gasteiger partial charge in [0.15, 0.2) is 0 Å². The third-order valence-electron chi connectivity index (χ3n) is 2.43. The second-order valence-electron chi connectivity index (χ2n) is 3.78. The molecule has 0 unspecified atom stereocenters. The summed E-state index contributed by atoms with van der Waals surface area (Å²) in [7, 11) is 0. The van der Waals surface area contributed by atoms with Crippen molar-refractivity contribution in [3.05, 3.63) is 35.5 Å². The zero-order valence-electron chi connectivity index (χ0n) is 10.3. The zero-order valence-corrected chi connectivity index (χ0v) is 11.1. The van der Waals surface area contributed by atoms with Gasteiger partial charge in [0.2, 0.25) is 0 Å². The van der Waals surface area contributed by atoms with Crippen LogP contribution in [0.2, 0.25) is 0 Å². The summed E-state index contributed by atoms with van der Waals surface area (Å²) < 4.78 is 32.9. The van der Waals surface area contributed by atoms with Gasteiger partial charge in [-0.2, -0.15) is 13.2 Å². The minimum absolute atomic E-state index is 0.0156. The first-order valence-electron chi connectivity index (χ1n) is 5.49. The molecule has 2 rings (SSSR count). The Kier molecular flexibility index (Phi) is 4.14. The van der Waals surface area contributed by atoms with E-state index in [4.69, 9.17) is 5.11 Å². The number of halogens is 2. The number of hydrogen-bond acceptors (Lipinski definition) is 5. The number of carboxylic acids is 1. The molecule has 0 spiro atoms. The normalized spacial score (nSPS) is 10.6. The van der Waals surface area contributed by atoms with E-state index in [9.17, 15) is 13.6 Å². The minimum atomic E-state index is -2.96. The van der Waals surface area contributed by atoms with Gasteiger partial charge in [-0.15, -0.1) is 0 Å². The molecule has 0 radical (unpaired) electrons. The van der Waals surface area contributed by atoms with E-state index in [-0.39, 0.29) is 22.0 Å². The standard InChI is InChI=1S/C12H10F2N2O3S/c1-6-9(11(17)18)10(20-16-6)15-7-4-2-3-5-8(7)19-12(13)14/h2-5,12,15H,1H3,(H,17,18). The van der Waals surface area contributed by atoms with Crippen molar-refractivity contribution in [2.45, 2.75) is 13.5 Å². The Morgan fingerprint density at radius 3 is 2.80 bits per heavy atom. The van der Waals surface area contributed by atoms with Gasteiger partial charge in [0.1, 0.15) is 16.3 Å². The number of rotatable bonds is 5. The van der Waals surface area contributed by atoms with E-state index in [0.29, 0.717) is 5.69 Å². The lowest BCUT2D eigenvalue weighted by molar-refractivity contribution is -0.0493. The third kappa shape index (κ3) is 3.02. The molecule has 20 heavy (non-hydrogen) atoms. The molecule has 8 heteroatoms. The maximum absolute atomic E-state index is 12.3. The molecule has 0 atom stereocenters. The summed E-state index contributed by atoms with van der Waals surface area (Å²) in [4.78, 5) is 11.1. The second-order valence-corrected chi connectivity index (χ2v) is 4.55. The summed E-state index contributed by atoms with van der Waals surface area (Å²) in [6.45, 7) is -1.40. The fourth-order valence-electron chi connectivity index (χ4n) is 1.60. The van der Waals surface area contributed by atoms with Crippen LogP contribution < -0.4 is 10.1 Å². The van der Waals surface area contributed by atoms with Crippen LogP contribution in [0.25, 0.3) is 0 Å². The summed E-state index contributed by atoms with van der Waals surface area (Å²) in [6.07, 6.45) is 0. The van der Waals surface area contributed by atoms with E-state index < -0.39 is 12.6 Å². The second kappa shape index (κ2) is 5.83. The molecule has 0 amide bonds. The number of nitrogens with one attached hydrogen (secondary N) is 1.